The van der Waals surface area contributed by atoms with Crippen LogP contribution in [0.2, 0.25) is 0 Å². The van der Waals surface area contributed by atoms with Crippen LogP contribution in [-0.2, 0) is 35.7 Å². The number of hydrogen-bond donors (Lipinski definition) is 2. The Labute approximate surface area is 341 Å². The van der Waals surface area contributed by atoms with Crippen molar-refractivity contribution < 1.29 is 19.7 Å². The number of aliphatic carboxylic acids is 1. The van der Waals surface area contributed by atoms with E-state index in [-0.39, 0.29) is 42.5 Å². The van der Waals surface area contributed by atoms with Crippen molar-refractivity contribution in [3.05, 3.63) is 89.8 Å². The van der Waals surface area contributed by atoms with E-state index >= 15 is 0 Å². The molecular formula is C48H67N5O4. The average molecular weight is 778 g/mol. The summed E-state index contributed by atoms with van der Waals surface area (Å²) >= 11 is 0. The molecule has 4 saturated carbocycles. The van der Waals surface area contributed by atoms with Crippen LogP contribution in [0.1, 0.15) is 108 Å². The van der Waals surface area contributed by atoms with E-state index in [9.17, 15) is 15.0 Å². The Morgan fingerprint density at radius 1 is 0.912 bits per heavy atom. The normalized spacial score (nSPS) is 35.5. The number of carbonyl (C=O) groups is 1. The molecule has 0 aromatic carbocycles. The molecule has 308 valence electrons. The van der Waals surface area contributed by atoms with Gasteiger partial charge in [-0.25, -0.2) is 0 Å². The number of unbranched alkanes of at least 4 members (excludes halogenated alkanes) is 1. The van der Waals surface area contributed by atoms with Crippen molar-refractivity contribution in [2.24, 2.45) is 57.7 Å². The first-order valence-electron chi connectivity index (χ1n) is 22.2. The van der Waals surface area contributed by atoms with E-state index in [4.69, 9.17) is 14.7 Å². The fraction of sp³-hybridized carbons (Fsp3) is 0.667. The first-order chi connectivity index (χ1) is 27.6. The fourth-order valence-corrected chi connectivity index (χ4v) is 14.0. The molecule has 2 N–H and O–H groups in total. The third-order valence-electron chi connectivity index (χ3n) is 16.1. The van der Waals surface area contributed by atoms with Crippen LogP contribution in [0.15, 0.2) is 67.0 Å². The molecule has 3 aromatic heterocycles. The van der Waals surface area contributed by atoms with Crippen molar-refractivity contribution in [2.75, 3.05) is 20.2 Å². The van der Waals surface area contributed by atoms with Crippen molar-refractivity contribution in [3.8, 4) is 0 Å². The third-order valence-corrected chi connectivity index (χ3v) is 16.1. The van der Waals surface area contributed by atoms with Crippen LogP contribution in [0, 0.1) is 57.7 Å². The van der Waals surface area contributed by atoms with Gasteiger partial charge < -0.3 is 14.9 Å². The van der Waals surface area contributed by atoms with Gasteiger partial charge in [-0.3, -0.25) is 29.5 Å². The summed E-state index contributed by atoms with van der Waals surface area (Å²) in [5.41, 5.74) is 2.10. The van der Waals surface area contributed by atoms with E-state index in [0.717, 1.165) is 100 Å². The standard InChI is InChI=1S/C48H67N5O4/c1-6-7-13-34-22-44(47-25-42(32(2)3)48(47,45(55)56)46(31-54)24-35(47)23-40-33(4)18-19-41(40)46)57-43(34)30-53(28-37-15-9-11-21-50-37)29-39-17-12-16-38(51-39)27-52(5)26-36-14-8-10-20-49-36/h8-12,14-17,20-21,32-35,40-44,54H,6-7,13,18-19,22-31H2,1-5H3,(H,55,56)/t33-,34?,35?,40-,41-,42?,43?,44?,46?,47?,48?/m1/s1. The minimum atomic E-state index is -0.965. The maximum Gasteiger partial charge on any atom is 0.311 e. The van der Waals surface area contributed by atoms with Crippen LogP contribution in [0.4, 0.5) is 0 Å². The highest BCUT2D eigenvalue weighted by Gasteiger charge is 2.88. The second-order valence-corrected chi connectivity index (χ2v) is 19.4. The highest BCUT2D eigenvalue weighted by molar-refractivity contribution is 5.81. The number of carboxylic acids is 1. The van der Waals surface area contributed by atoms with Crippen LogP contribution >= 0.6 is 0 Å². The number of aliphatic hydroxyl groups is 1. The summed E-state index contributed by atoms with van der Waals surface area (Å²) in [6, 6.07) is 18.5. The van der Waals surface area contributed by atoms with Crippen molar-refractivity contribution in [3.63, 3.8) is 0 Å². The maximum atomic E-state index is 14.3. The van der Waals surface area contributed by atoms with Gasteiger partial charge in [0.05, 0.1) is 47.0 Å². The van der Waals surface area contributed by atoms with Gasteiger partial charge in [0.15, 0.2) is 0 Å². The molecule has 8 rings (SSSR count). The van der Waals surface area contributed by atoms with Gasteiger partial charge in [-0.15, -0.1) is 0 Å². The van der Waals surface area contributed by atoms with Gasteiger partial charge in [-0.1, -0.05) is 65.2 Å². The second kappa shape index (κ2) is 16.4. The van der Waals surface area contributed by atoms with E-state index in [1.54, 1.807) is 0 Å². The highest BCUT2D eigenvalue weighted by Crippen LogP contribution is 2.87. The Morgan fingerprint density at radius 2 is 1.58 bits per heavy atom. The van der Waals surface area contributed by atoms with E-state index < -0.39 is 22.2 Å². The van der Waals surface area contributed by atoms with E-state index in [2.05, 4.69) is 85.9 Å². The molecule has 2 bridgehead atoms. The Bertz CT molecular complexity index is 1830. The number of carboxylic acid groups (broad SMARTS) is 1. The largest absolute Gasteiger partial charge is 0.481 e. The van der Waals surface area contributed by atoms with E-state index in [0.29, 0.717) is 30.8 Å². The first-order valence-corrected chi connectivity index (χ1v) is 22.2. The second-order valence-electron chi connectivity index (χ2n) is 19.4. The van der Waals surface area contributed by atoms with Gasteiger partial charge >= 0.3 is 5.97 Å². The van der Waals surface area contributed by atoms with Gasteiger partial charge in [0.25, 0.3) is 0 Å². The van der Waals surface area contributed by atoms with Gasteiger partial charge in [-0.05, 0) is 123 Å². The van der Waals surface area contributed by atoms with Crippen molar-refractivity contribution in [1.29, 1.82) is 0 Å². The third kappa shape index (κ3) is 6.86. The van der Waals surface area contributed by atoms with Crippen LogP contribution in [0.5, 0.6) is 0 Å². The molecule has 1 aliphatic heterocycles. The zero-order chi connectivity index (χ0) is 40.0. The van der Waals surface area contributed by atoms with E-state index in [1.165, 1.54) is 0 Å². The summed E-state index contributed by atoms with van der Waals surface area (Å²) in [5, 5.41) is 23.4. The number of rotatable bonds is 17. The van der Waals surface area contributed by atoms with Gasteiger partial charge in [0.1, 0.15) is 0 Å². The monoisotopic (exact) mass is 778 g/mol. The topological polar surface area (TPSA) is 112 Å². The zero-order valence-electron chi connectivity index (χ0n) is 35.1. The molecule has 0 amide bonds. The number of ether oxygens (including phenoxy) is 1. The van der Waals surface area contributed by atoms with Crippen molar-refractivity contribution in [2.45, 2.75) is 124 Å². The number of aromatic nitrogens is 3. The van der Waals surface area contributed by atoms with Gasteiger partial charge in [-0.2, -0.15) is 0 Å². The molecule has 1 saturated heterocycles. The SMILES string of the molecule is CCCCC1CC(C23CC(C(C)C)C2(C(=O)O)C2(CO)CC3C[C@@H]3[C@H](C)CC[C@H]32)OC1CN(Cc1ccccn1)Cc1cccc(CN(C)Cc2ccccn2)n1. The van der Waals surface area contributed by atoms with Crippen LogP contribution < -0.4 is 0 Å². The Kier molecular flexibility index (Phi) is 11.7. The van der Waals surface area contributed by atoms with Crippen LogP contribution in [-0.4, -0.2) is 73.3 Å². The van der Waals surface area contributed by atoms with Gasteiger partial charge in [0.2, 0.25) is 0 Å². The van der Waals surface area contributed by atoms with E-state index in [1.807, 2.05) is 30.6 Å². The van der Waals surface area contributed by atoms with Crippen molar-refractivity contribution >= 4 is 5.97 Å². The number of fused-ring (bicyclic) bond motifs is 7. The fourth-order valence-electron chi connectivity index (χ4n) is 14.0. The van der Waals surface area contributed by atoms with Crippen molar-refractivity contribution in [1.82, 2.24) is 24.8 Å². The predicted molar refractivity (Wildman–Crippen MR) is 221 cm³/mol. The maximum absolute atomic E-state index is 14.3. The minimum absolute atomic E-state index is 0.0209. The molecule has 5 aliphatic rings. The summed E-state index contributed by atoms with van der Waals surface area (Å²) in [4.78, 5) is 33.5. The lowest BCUT2D eigenvalue weighted by molar-refractivity contribution is -0.268. The smallest absolute Gasteiger partial charge is 0.311 e. The summed E-state index contributed by atoms with van der Waals surface area (Å²) in [6.45, 7) is 12.6. The highest BCUT2D eigenvalue weighted by atomic mass is 16.5. The quantitative estimate of drug-likeness (QED) is 0.140. The Balaban J connectivity index is 1.09. The average Bonchev–Trinajstić information content (AvgIpc) is 3.80. The lowest BCUT2D eigenvalue weighted by Crippen LogP contribution is -2.72. The molecule has 3 aromatic rings. The lowest BCUT2D eigenvalue weighted by Gasteiger charge is -2.68. The number of hydrogen-bond acceptors (Lipinski definition) is 8. The Morgan fingerprint density at radius 3 is 2.23 bits per heavy atom. The minimum Gasteiger partial charge on any atom is -0.481 e. The number of nitrogens with zero attached hydrogens (tertiary/aromatic N) is 5. The summed E-state index contributed by atoms with van der Waals surface area (Å²) in [5.74, 6) is 1.55. The molecule has 0 spiro atoms. The molecule has 9 heteroatoms. The molecule has 4 heterocycles. The zero-order valence-corrected chi connectivity index (χ0v) is 35.1. The molecule has 4 aliphatic carbocycles. The molecule has 57 heavy (non-hydrogen) atoms. The summed E-state index contributed by atoms with van der Waals surface area (Å²) in [6.07, 6.45) is 12.8. The summed E-state index contributed by atoms with van der Waals surface area (Å²) in [7, 11) is 2.11. The molecule has 8 unspecified atom stereocenters. The van der Waals surface area contributed by atoms with Gasteiger partial charge in [0, 0.05) is 55.9 Å². The molecule has 0 radical (unpaired) electrons. The molecule has 11 atom stereocenters. The number of aliphatic hydroxyl groups excluding tert-OH is 1. The molecule has 9 nitrogen and oxygen atoms in total. The molecular weight excluding hydrogens is 711 g/mol. The van der Waals surface area contributed by atoms with Crippen LogP contribution in [0.3, 0.4) is 0 Å². The van der Waals surface area contributed by atoms with Crippen LogP contribution in [0.25, 0.3) is 0 Å². The predicted octanol–water partition coefficient (Wildman–Crippen LogP) is 8.27. The lowest BCUT2D eigenvalue weighted by atomic mass is 9.34. The Hall–Kier alpha value is -3.24. The molecule has 5 fully saturated rings. The number of pyridine rings is 3. The first kappa shape index (κ1) is 40.5. The summed E-state index contributed by atoms with van der Waals surface area (Å²) < 4.78 is 7.53.